The number of carboxylic acid groups (broad SMARTS) is 1. The van der Waals surface area contributed by atoms with Crippen molar-refractivity contribution in [3.63, 3.8) is 0 Å². The summed E-state index contributed by atoms with van der Waals surface area (Å²) in [5.74, 6) is -1.18. The topological polar surface area (TPSA) is 46.5 Å². The van der Waals surface area contributed by atoms with Gasteiger partial charge in [0.2, 0.25) is 0 Å². The molecule has 0 amide bonds. The van der Waals surface area contributed by atoms with E-state index in [2.05, 4.69) is 0 Å². The zero-order valence-corrected chi connectivity index (χ0v) is 9.26. The van der Waals surface area contributed by atoms with Crippen LogP contribution in [0.2, 0.25) is 0 Å². The Kier molecular flexibility index (Phi) is 3.65. The number of halogens is 3. The summed E-state index contributed by atoms with van der Waals surface area (Å²) in [7, 11) is 1.21. The summed E-state index contributed by atoms with van der Waals surface area (Å²) in [4.78, 5) is 10.6. The molecule has 0 unspecified atom stereocenters. The van der Waals surface area contributed by atoms with Crippen molar-refractivity contribution in [2.45, 2.75) is 19.5 Å². The predicted molar refractivity (Wildman–Crippen MR) is 54.1 cm³/mol. The lowest BCUT2D eigenvalue weighted by atomic mass is 10.0. The highest BCUT2D eigenvalue weighted by atomic mass is 19.4. The van der Waals surface area contributed by atoms with Crippen LogP contribution in [0.4, 0.5) is 13.2 Å². The number of hydrogen-bond acceptors (Lipinski definition) is 2. The van der Waals surface area contributed by atoms with E-state index in [1.165, 1.54) is 14.0 Å². The second-order valence-electron chi connectivity index (χ2n) is 3.54. The van der Waals surface area contributed by atoms with E-state index in [1.807, 2.05) is 0 Å². The highest BCUT2D eigenvalue weighted by Gasteiger charge is 2.32. The van der Waals surface area contributed by atoms with Crippen molar-refractivity contribution < 1.29 is 27.8 Å². The third kappa shape index (κ3) is 3.12. The van der Waals surface area contributed by atoms with Crippen LogP contribution in [-0.4, -0.2) is 18.2 Å². The zero-order chi connectivity index (χ0) is 13.2. The lowest BCUT2D eigenvalue weighted by molar-refractivity contribution is -0.137. The van der Waals surface area contributed by atoms with Crippen molar-refractivity contribution in [1.29, 1.82) is 0 Å². The summed E-state index contributed by atoms with van der Waals surface area (Å²) in [6.45, 7) is 1.43. The van der Waals surface area contributed by atoms with Gasteiger partial charge >= 0.3 is 12.1 Å². The first-order valence-electron chi connectivity index (χ1n) is 4.72. The zero-order valence-electron chi connectivity index (χ0n) is 9.26. The number of alkyl halides is 3. The molecule has 0 aromatic heterocycles. The van der Waals surface area contributed by atoms with E-state index >= 15 is 0 Å². The smallest absolute Gasteiger partial charge is 0.416 e. The Balaban J connectivity index is 3.30. The SMILES string of the molecule is COc1cc(C(F)(F)F)cc(C)c1CC(=O)O. The Morgan fingerprint density at radius 2 is 2.00 bits per heavy atom. The van der Waals surface area contributed by atoms with E-state index < -0.39 is 17.7 Å². The molecule has 0 fully saturated rings. The van der Waals surface area contributed by atoms with Crippen molar-refractivity contribution >= 4 is 5.97 Å². The molecule has 17 heavy (non-hydrogen) atoms. The van der Waals surface area contributed by atoms with Crippen molar-refractivity contribution in [1.82, 2.24) is 0 Å². The summed E-state index contributed by atoms with van der Waals surface area (Å²) in [6, 6.07) is 1.73. The van der Waals surface area contributed by atoms with Crippen LogP contribution < -0.4 is 4.74 Å². The van der Waals surface area contributed by atoms with Gasteiger partial charge in [-0.3, -0.25) is 4.79 Å². The molecular formula is C11H11F3O3. The van der Waals surface area contributed by atoms with Gasteiger partial charge in [0.15, 0.2) is 0 Å². The van der Waals surface area contributed by atoms with Gasteiger partial charge in [-0.1, -0.05) is 0 Å². The van der Waals surface area contributed by atoms with Crippen LogP contribution in [0.15, 0.2) is 12.1 Å². The van der Waals surface area contributed by atoms with Crippen LogP contribution >= 0.6 is 0 Å². The molecule has 0 atom stereocenters. The minimum atomic E-state index is -4.47. The quantitative estimate of drug-likeness (QED) is 0.894. The van der Waals surface area contributed by atoms with Crippen molar-refractivity contribution in [3.05, 3.63) is 28.8 Å². The van der Waals surface area contributed by atoms with E-state index in [0.717, 1.165) is 12.1 Å². The van der Waals surface area contributed by atoms with Crippen LogP contribution in [0, 0.1) is 6.92 Å². The fourth-order valence-electron chi connectivity index (χ4n) is 1.51. The minimum absolute atomic E-state index is 0.0558. The molecule has 0 aliphatic rings. The van der Waals surface area contributed by atoms with Crippen LogP contribution in [0.25, 0.3) is 0 Å². The third-order valence-corrected chi connectivity index (χ3v) is 2.31. The first kappa shape index (κ1) is 13.3. The molecule has 0 aliphatic carbocycles. The Bertz CT molecular complexity index is 438. The maximum absolute atomic E-state index is 12.5. The molecule has 0 aliphatic heterocycles. The molecule has 0 spiro atoms. The molecule has 1 N–H and O–H groups in total. The Morgan fingerprint density at radius 3 is 2.41 bits per heavy atom. The van der Waals surface area contributed by atoms with E-state index in [1.54, 1.807) is 0 Å². The number of benzene rings is 1. The summed E-state index contributed by atoms with van der Waals surface area (Å²) in [6.07, 6.45) is -4.84. The molecule has 0 radical (unpaired) electrons. The van der Waals surface area contributed by atoms with Crippen molar-refractivity contribution in [2.75, 3.05) is 7.11 Å². The largest absolute Gasteiger partial charge is 0.496 e. The molecule has 1 rings (SSSR count). The monoisotopic (exact) mass is 248 g/mol. The molecule has 1 aromatic rings. The number of aryl methyl sites for hydroxylation is 1. The number of methoxy groups -OCH3 is 1. The van der Waals surface area contributed by atoms with Gasteiger partial charge in [0, 0.05) is 5.56 Å². The average molecular weight is 248 g/mol. The van der Waals surface area contributed by atoms with Gasteiger partial charge in [0.05, 0.1) is 19.1 Å². The lowest BCUT2D eigenvalue weighted by Gasteiger charge is -2.14. The summed E-state index contributed by atoms with van der Waals surface area (Å²) in [5.41, 5.74) is -0.340. The van der Waals surface area contributed by atoms with Gasteiger partial charge in [-0.25, -0.2) is 0 Å². The number of aliphatic carboxylic acids is 1. The summed E-state index contributed by atoms with van der Waals surface area (Å²) >= 11 is 0. The molecule has 1 aromatic carbocycles. The van der Waals surface area contributed by atoms with Gasteiger partial charge in [-0.15, -0.1) is 0 Å². The maximum Gasteiger partial charge on any atom is 0.416 e. The van der Waals surface area contributed by atoms with E-state index in [-0.39, 0.29) is 23.3 Å². The molecule has 0 saturated heterocycles. The molecule has 0 saturated carbocycles. The molecule has 0 bridgehead atoms. The van der Waals surface area contributed by atoms with Crippen LogP contribution in [0.1, 0.15) is 16.7 Å². The first-order valence-corrected chi connectivity index (χ1v) is 4.72. The highest BCUT2D eigenvalue weighted by Crippen LogP contribution is 2.35. The second kappa shape index (κ2) is 4.65. The second-order valence-corrected chi connectivity index (χ2v) is 3.54. The number of ether oxygens (including phenoxy) is 1. The number of rotatable bonds is 3. The number of hydrogen-bond donors (Lipinski definition) is 1. The van der Waals surface area contributed by atoms with Gasteiger partial charge in [0.25, 0.3) is 0 Å². The first-order chi connectivity index (χ1) is 7.75. The molecule has 6 heteroatoms. The third-order valence-electron chi connectivity index (χ3n) is 2.31. The predicted octanol–water partition coefficient (Wildman–Crippen LogP) is 2.65. The van der Waals surface area contributed by atoms with E-state index in [9.17, 15) is 18.0 Å². The lowest BCUT2D eigenvalue weighted by Crippen LogP contribution is -2.09. The van der Waals surface area contributed by atoms with E-state index in [4.69, 9.17) is 9.84 Å². The number of carbonyl (C=O) groups is 1. The van der Waals surface area contributed by atoms with Crippen LogP contribution in [0.3, 0.4) is 0 Å². The fraction of sp³-hybridized carbons (Fsp3) is 0.364. The summed E-state index contributed by atoms with van der Waals surface area (Å²) in [5, 5.41) is 8.66. The summed E-state index contributed by atoms with van der Waals surface area (Å²) < 4.78 is 42.3. The normalized spacial score (nSPS) is 11.4. The van der Waals surface area contributed by atoms with Crippen LogP contribution in [0.5, 0.6) is 5.75 Å². The standard InChI is InChI=1S/C11H11F3O3/c1-6-3-7(11(12,13)14)4-9(17-2)8(6)5-10(15)16/h3-4H,5H2,1-2H3,(H,15,16). The maximum atomic E-state index is 12.5. The Hall–Kier alpha value is -1.72. The number of carboxylic acids is 1. The van der Waals surface area contributed by atoms with Crippen molar-refractivity contribution in [2.24, 2.45) is 0 Å². The highest BCUT2D eigenvalue weighted by molar-refractivity contribution is 5.72. The van der Waals surface area contributed by atoms with Crippen LogP contribution in [-0.2, 0) is 17.4 Å². The van der Waals surface area contributed by atoms with Gasteiger partial charge in [0.1, 0.15) is 5.75 Å². The Labute approximate surface area is 95.8 Å². The average Bonchev–Trinajstić information content (AvgIpc) is 2.18. The van der Waals surface area contributed by atoms with Crippen molar-refractivity contribution in [3.8, 4) is 5.75 Å². The van der Waals surface area contributed by atoms with Gasteiger partial charge in [-0.2, -0.15) is 13.2 Å². The fourth-order valence-corrected chi connectivity index (χ4v) is 1.51. The minimum Gasteiger partial charge on any atom is -0.496 e. The van der Waals surface area contributed by atoms with E-state index in [0.29, 0.717) is 0 Å². The van der Waals surface area contributed by atoms with Gasteiger partial charge < -0.3 is 9.84 Å². The molecule has 3 nitrogen and oxygen atoms in total. The Morgan fingerprint density at radius 1 is 1.41 bits per heavy atom. The van der Waals surface area contributed by atoms with Gasteiger partial charge in [-0.05, 0) is 24.6 Å². The molecule has 94 valence electrons. The molecule has 0 heterocycles. The molecular weight excluding hydrogens is 237 g/mol.